The summed E-state index contributed by atoms with van der Waals surface area (Å²) in [6, 6.07) is 12.3. The molecule has 1 aromatic heterocycles. The van der Waals surface area contributed by atoms with Crippen molar-refractivity contribution in [2.75, 3.05) is 56.3 Å². The standard InChI is InChI=1S/C29H37N5O4/c1-20-22-8-7-9-24(16-22)37-13-6-4-3-5-10-30-27(35)19-38-26-18-23(34-11-14-36-15-12-34)17-25-28(26)32-21(2)33-29(25)31-20/h7-9,16-18,20H,3-6,10-15,19H2,1-2H3,(H,30,35)(H,31,32,33)/t20-/m1/s1. The van der Waals surface area contributed by atoms with Crippen LogP contribution in [0.25, 0.3) is 10.9 Å². The first-order valence-corrected chi connectivity index (χ1v) is 13.6. The number of aryl methyl sites for hydroxylation is 1. The summed E-state index contributed by atoms with van der Waals surface area (Å²) in [5.74, 6) is 2.66. The van der Waals surface area contributed by atoms with E-state index in [9.17, 15) is 4.79 Å². The molecule has 0 aliphatic carbocycles. The molecule has 2 N–H and O–H groups in total. The molecular weight excluding hydrogens is 482 g/mol. The Morgan fingerprint density at radius 1 is 0.974 bits per heavy atom. The van der Waals surface area contributed by atoms with E-state index >= 15 is 0 Å². The fourth-order valence-electron chi connectivity index (χ4n) is 4.88. The average molecular weight is 520 g/mol. The van der Waals surface area contributed by atoms with Crippen LogP contribution >= 0.6 is 0 Å². The number of benzene rings is 2. The van der Waals surface area contributed by atoms with Crippen molar-refractivity contribution in [3.63, 3.8) is 0 Å². The normalized spacial score (nSPS) is 19.7. The molecule has 9 nitrogen and oxygen atoms in total. The Balaban J connectivity index is 1.54. The van der Waals surface area contributed by atoms with Crippen LogP contribution in [0.1, 0.15) is 50.0 Å². The monoisotopic (exact) mass is 519 g/mol. The summed E-state index contributed by atoms with van der Waals surface area (Å²) in [5, 5.41) is 7.43. The van der Waals surface area contributed by atoms with E-state index in [1.807, 2.05) is 25.1 Å². The van der Waals surface area contributed by atoms with Crippen molar-refractivity contribution in [3.05, 3.63) is 47.8 Å². The highest BCUT2D eigenvalue weighted by Crippen LogP contribution is 2.36. The van der Waals surface area contributed by atoms with Crippen LogP contribution in [-0.4, -0.2) is 61.9 Å². The lowest BCUT2D eigenvalue weighted by Gasteiger charge is -2.29. The molecule has 2 aliphatic heterocycles. The lowest BCUT2D eigenvalue weighted by atomic mass is 10.1. The minimum Gasteiger partial charge on any atom is -0.494 e. The number of nitrogens with one attached hydrogen (secondary N) is 2. The van der Waals surface area contributed by atoms with Crippen LogP contribution in [0.3, 0.4) is 0 Å². The Bertz CT molecular complexity index is 1260. The highest BCUT2D eigenvalue weighted by Gasteiger charge is 2.20. The van der Waals surface area contributed by atoms with Crippen LogP contribution in [0.15, 0.2) is 36.4 Å². The molecule has 1 amide bonds. The van der Waals surface area contributed by atoms with Gasteiger partial charge in [-0.05, 0) is 50.5 Å². The Morgan fingerprint density at radius 2 is 1.82 bits per heavy atom. The highest BCUT2D eigenvalue weighted by atomic mass is 16.5. The van der Waals surface area contributed by atoms with Gasteiger partial charge >= 0.3 is 0 Å². The Morgan fingerprint density at radius 3 is 2.68 bits per heavy atom. The second kappa shape index (κ2) is 12.3. The molecule has 9 heteroatoms. The van der Waals surface area contributed by atoms with Gasteiger partial charge in [0.15, 0.2) is 6.61 Å². The van der Waals surface area contributed by atoms with Gasteiger partial charge in [-0.2, -0.15) is 0 Å². The summed E-state index contributed by atoms with van der Waals surface area (Å²) in [5.41, 5.74) is 2.79. The van der Waals surface area contributed by atoms with Crippen molar-refractivity contribution in [1.29, 1.82) is 0 Å². The zero-order valence-electron chi connectivity index (χ0n) is 22.3. The van der Waals surface area contributed by atoms with Crippen molar-refractivity contribution >= 4 is 28.3 Å². The number of hydrogen-bond acceptors (Lipinski definition) is 8. The van der Waals surface area contributed by atoms with Gasteiger partial charge in [0.1, 0.15) is 28.7 Å². The molecule has 0 saturated carbocycles. The number of fused-ring (bicyclic) bond motifs is 2. The Labute approximate surface area is 223 Å². The second-order valence-electron chi connectivity index (χ2n) is 9.90. The third-order valence-corrected chi connectivity index (χ3v) is 6.97. The molecule has 38 heavy (non-hydrogen) atoms. The van der Waals surface area contributed by atoms with Crippen LogP contribution in [0.2, 0.25) is 0 Å². The van der Waals surface area contributed by atoms with Crippen molar-refractivity contribution in [2.45, 2.75) is 45.6 Å². The number of anilines is 2. The maximum atomic E-state index is 12.6. The SMILES string of the molecule is Cc1nc2c3cc(N4CCOCC4)cc(c3n1)OCC(=O)NCCCCCCOc1cccc(c1)[C@@H](C)N2. The van der Waals surface area contributed by atoms with Crippen molar-refractivity contribution in [2.24, 2.45) is 0 Å². The Kier molecular flexibility index (Phi) is 8.43. The van der Waals surface area contributed by atoms with E-state index in [4.69, 9.17) is 24.2 Å². The zero-order valence-corrected chi connectivity index (χ0v) is 22.3. The van der Waals surface area contributed by atoms with Gasteiger partial charge in [-0.15, -0.1) is 0 Å². The summed E-state index contributed by atoms with van der Waals surface area (Å²) in [7, 11) is 0. The van der Waals surface area contributed by atoms with Crippen LogP contribution in [0.5, 0.6) is 11.5 Å². The largest absolute Gasteiger partial charge is 0.494 e. The van der Waals surface area contributed by atoms with E-state index < -0.39 is 0 Å². The van der Waals surface area contributed by atoms with Gasteiger partial charge in [-0.1, -0.05) is 25.0 Å². The maximum Gasteiger partial charge on any atom is 0.257 e. The van der Waals surface area contributed by atoms with Crippen LogP contribution < -0.4 is 25.0 Å². The summed E-state index contributed by atoms with van der Waals surface area (Å²) in [4.78, 5) is 24.3. The first-order valence-electron chi connectivity index (χ1n) is 13.6. The first kappa shape index (κ1) is 26.0. The topological polar surface area (TPSA) is 97.8 Å². The highest BCUT2D eigenvalue weighted by molar-refractivity contribution is 5.96. The number of rotatable bonds is 1. The molecule has 0 spiro atoms. The number of aromatic nitrogens is 2. The number of nitrogens with zero attached hydrogens (tertiary/aromatic N) is 3. The molecule has 6 bridgehead atoms. The maximum absolute atomic E-state index is 12.6. The number of amides is 1. The number of morpholine rings is 1. The zero-order chi connectivity index (χ0) is 26.3. The lowest BCUT2D eigenvalue weighted by molar-refractivity contribution is -0.123. The molecule has 1 saturated heterocycles. The molecule has 3 aromatic rings. The van der Waals surface area contributed by atoms with Gasteiger partial charge in [0.2, 0.25) is 0 Å². The number of hydrogen-bond donors (Lipinski definition) is 2. The van der Waals surface area contributed by atoms with Crippen molar-refractivity contribution in [1.82, 2.24) is 15.3 Å². The molecule has 202 valence electrons. The predicted octanol–water partition coefficient (Wildman–Crippen LogP) is 4.40. The number of ether oxygens (including phenoxy) is 3. The van der Waals surface area contributed by atoms with E-state index in [1.165, 1.54) is 0 Å². The van der Waals surface area contributed by atoms with Crippen LogP contribution in [0.4, 0.5) is 11.5 Å². The first-order chi connectivity index (χ1) is 18.6. The summed E-state index contributed by atoms with van der Waals surface area (Å²) in [6.07, 6.45) is 4.00. The number of carbonyl (C=O) groups excluding carboxylic acids is 1. The number of carbonyl (C=O) groups is 1. The Hall–Kier alpha value is -3.59. The minimum absolute atomic E-state index is 0.0242. The summed E-state index contributed by atoms with van der Waals surface area (Å²) in [6.45, 7) is 8.12. The quantitative estimate of drug-likeness (QED) is 0.488. The molecular formula is C29H37N5O4. The van der Waals surface area contributed by atoms with E-state index in [-0.39, 0.29) is 18.6 Å². The molecule has 1 atom stereocenters. The van der Waals surface area contributed by atoms with Crippen LogP contribution in [-0.2, 0) is 9.53 Å². The molecule has 3 heterocycles. The van der Waals surface area contributed by atoms with Gasteiger partial charge in [-0.25, -0.2) is 9.97 Å². The van der Waals surface area contributed by atoms with Gasteiger partial charge in [0.25, 0.3) is 5.91 Å². The third kappa shape index (κ3) is 6.45. The van der Waals surface area contributed by atoms with E-state index in [1.54, 1.807) is 0 Å². The van der Waals surface area contributed by atoms with E-state index in [0.29, 0.717) is 43.5 Å². The third-order valence-electron chi connectivity index (χ3n) is 6.97. The van der Waals surface area contributed by atoms with Crippen LogP contribution in [0, 0.1) is 6.92 Å². The van der Waals surface area contributed by atoms with Gasteiger partial charge in [0.05, 0.1) is 25.9 Å². The van der Waals surface area contributed by atoms with Crippen molar-refractivity contribution < 1.29 is 19.0 Å². The van der Waals surface area contributed by atoms with Gasteiger partial charge in [0, 0.05) is 36.8 Å². The van der Waals surface area contributed by atoms with Crippen molar-refractivity contribution in [3.8, 4) is 11.5 Å². The summed E-state index contributed by atoms with van der Waals surface area (Å²) >= 11 is 0. The smallest absolute Gasteiger partial charge is 0.257 e. The van der Waals surface area contributed by atoms with Gasteiger partial charge < -0.3 is 29.7 Å². The average Bonchev–Trinajstić information content (AvgIpc) is 2.93. The fraction of sp³-hybridized carbons (Fsp3) is 0.483. The molecule has 0 radical (unpaired) electrons. The molecule has 2 aliphatic rings. The molecule has 0 unspecified atom stereocenters. The predicted molar refractivity (Wildman–Crippen MR) is 148 cm³/mol. The minimum atomic E-state index is -0.135. The van der Waals surface area contributed by atoms with Gasteiger partial charge in [-0.3, -0.25) is 4.79 Å². The molecule has 2 aromatic carbocycles. The van der Waals surface area contributed by atoms with E-state index in [0.717, 1.165) is 67.0 Å². The van der Waals surface area contributed by atoms with E-state index in [2.05, 4.69) is 40.7 Å². The fourth-order valence-corrected chi connectivity index (χ4v) is 4.88. The molecule has 5 rings (SSSR count). The summed E-state index contributed by atoms with van der Waals surface area (Å²) < 4.78 is 17.7. The lowest BCUT2D eigenvalue weighted by Crippen LogP contribution is -2.36. The second-order valence-corrected chi connectivity index (χ2v) is 9.90. The molecule has 1 fully saturated rings.